The largest absolute Gasteiger partial charge is 0.434 e. The van der Waals surface area contributed by atoms with Gasteiger partial charge in [0.05, 0.1) is 18.1 Å². The number of ether oxygens (including phenoxy) is 1. The van der Waals surface area contributed by atoms with Crippen molar-refractivity contribution in [3.8, 4) is 11.6 Å². The summed E-state index contributed by atoms with van der Waals surface area (Å²) < 4.78 is 9.47. The molecule has 7 heteroatoms. The van der Waals surface area contributed by atoms with Gasteiger partial charge >= 0.3 is 0 Å². The summed E-state index contributed by atoms with van der Waals surface area (Å²) in [6.45, 7) is 0.563. The van der Waals surface area contributed by atoms with E-state index in [0.29, 0.717) is 18.2 Å². The molecule has 6 nitrogen and oxygen atoms in total. The Morgan fingerprint density at radius 3 is 3.11 bits per heavy atom. The van der Waals surface area contributed by atoms with Gasteiger partial charge < -0.3 is 10.5 Å². The molecule has 0 radical (unpaired) electrons. The molecule has 3 aromatic heterocycles. The lowest BCUT2D eigenvalue weighted by Crippen LogP contribution is -2.05. The molecule has 2 N–H and O–H groups in total. The van der Waals surface area contributed by atoms with E-state index in [1.165, 1.54) is 0 Å². The SMILES string of the molecule is Cn1cc(Oc2nc3sccn3c2CCN)cn1. The first-order valence-corrected chi connectivity index (χ1v) is 6.47. The van der Waals surface area contributed by atoms with E-state index in [9.17, 15) is 0 Å². The molecule has 0 unspecified atom stereocenters. The van der Waals surface area contributed by atoms with Crippen molar-refractivity contribution in [1.82, 2.24) is 19.2 Å². The normalized spacial score (nSPS) is 11.2. The Labute approximate surface area is 108 Å². The number of imidazole rings is 1. The summed E-state index contributed by atoms with van der Waals surface area (Å²) in [4.78, 5) is 5.38. The van der Waals surface area contributed by atoms with Gasteiger partial charge in [0, 0.05) is 25.0 Å². The van der Waals surface area contributed by atoms with Gasteiger partial charge in [0.15, 0.2) is 10.7 Å². The number of nitrogens with zero attached hydrogens (tertiary/aromatic N) is 4. The molecule has 3 aromatic rings. The molecule has 0 fully saturated rings. The fraction of sp³-hybridized carbons (Fsp3) is 0.273. The highest BCUT2D eigenvalue weighted by atomic mass is 32.1. The van der Waals surface area contributed by atoms with Gasteiger partial charge in [0.25, 0.3) is 0 Å². The molecule has 0 saturated carbocycles. The van der Waals surface area contributed by atoms with E-state index >= 15 is 0 Å². The molecular formula is C11H13N5OS. The quantitative estimate of drug-likeness (QED) is 0.773. The number of thiazole rings is 1. The van der Waals surface area contributed by atoms with E-state index in [1.807, 2.05) is 23.0 Å². The van der Waals surface area contributed by atoms with E-state index in [-0.39, 0.29) is 0 Å². The van der Waals surface area contributed by atoms with E-state index in [0.717, 1.165) is 17.1 Å². The first kappa shape index (κ1) is 11.2. The van der Waals surface area contributed by atoms with E-state index < -0.39 is 0 Å². The van der Waals surface area contributed by atoms with Crippen molar-refractivity contribution in [2.75, 3.05) is 6.54 Å². The maximum absolute atomic E-state index is 5.76. The van der Waals surface area contributed by atoms with Crippen molar-refractivity contribution in [3.05, 3.63) is 29.7 Å². The number of nitrogens with two attached hydrogens (primary N) is 1. The van der Waals surface area contributed by atoms with Crippen molar-refractivity contribution in [2.45, 2.75) is 6.42 Å². The molecule has 0 aliphatic heterocycles. The molecule has 0 atom stereocenters. The summed E-state index contributed by atoms with van der Waals surface area (Å²) in [6.07, 6.45) is 6.18. The molecule has 3 rings (SSSR count). The van der Waals surface area contributed by atoms with E-state index in [4.69, 9.17) is 10.5 Å². The van der Waals surface area contributed by atoms with Crippen molar-refractivity contribution >= 4 is 16.3 Å². The smallest absolute Gasteiger partial charge is 0.242 e. The van der Waals surface area contributed by atoms with Crippen LogP contribution >= 0.6 is 11.3 Å². The highest BCUT2D eigenvalue weighted by molar-refractivity contribution is 7.15. The zero-order valence-corrected chi connectivity index (χ0v) is 10.7. The van der Waals surface area contributed by atoms with Crippen LogP contribution in [0.2, 0.25) is 0 Å². The maximum Gasteiger partial charge on any atom is 0.242 e. The number of rotatable bonds is 4. The van der Waals surface area contributed by atoms with Gasteiger partial charge in [0.2, 0.25) is 5.88 Å². The van der Waals surface area contributed by atoms with Crippen LogP contribution in [0.5, 0.6) is 11.6 Å². The predicted octanol–water partition coefficient (Wildman–Crippen LogP) is 1.42. The summed E-state index contributed by atoms with van der Waals surface area (Å²) in [5, 5.41) is 6.06. The van der Waals surface area contributed by atoms with Crippen molar-refractivity contribution in [3.63, 3.8) is 0 Å². The summed E-state index contributed by atoms with van der Waals surface area (Å²) in [5.74, 6) is 1.29. The van der Waals surface area contributed by atoms with Gasteiger partial charge in [-0.1, -0.05) is 0 Å². The molecule has 0 spiro atoms. The third kappa shape index (κ3) is 1.87. The van der Waals surface area contributed by atoms with Gasteiger partial charge in [-0.05, 0) is 6.54 Å². The molecular weight excluding hydrogens is 250 g/mol. The second-order valence-electron chi connectivity index (χ2n) is 3.91. The first-order chi connectivity index (χ1) is 8.78. The lowest BCUT2D eigenvalue weighted by atomic mass is 10.3. The minimum absolute atomic E-state index is 0.563. The van der Waals surface area contributed by atoms with Crippen LogP contribution in [-0.2, 0) is 13.5 Å². The minimum Gasteiger partial charge on any atom is -0.434 e. The van der Waals surface area contributed by atoms with Gasteiger partial charge in [-0.3, -0.25) is 9.08 Å². The lowest BCUT2D eigenvalue weighted by molar-refractivity contribution is 0.458. The molecule has 94 valence electrons. The molecule has 3 heterocycles. The fourth-order valence-electron chi connectivity index (χ4n) is 1.82. The first-order valence-electron chi connectivity index (χ1n) is 5.59. The molecule has 0 aliphatic carbocycles. The monoisotopic (exact) mass is 263 g/mol. The number of aromatic nitrogens is 4. The molecule has 18 heavy (non-hydrogen) atoms. The zero-order valence-electron chi connectivity index (χ0n) is 9.91. The van der Waals surface area contributed by atoms with Crippen LogP contribution in [0.15, 0.2) is 24.0 Å². The van der Waals surface area contributed by atoms with Gasteiger partial charge in [-0.2, -0.15) is 10.1 Å². The van der Waals surface area contributed by atoms with Crippen molar-refractivity contribution in [2.24, 2.45) is 12.8 Å². The summed E-state index contributed by atoms with van der Waals surface area (Å²) >= 11 is 1.57. The Morgan fingerprint density at radius 1 is 1.50 bits per heavy atom. The van der Waals surface area contributed by atoms with Gasteiger partial charge in [0.1, 0.15) is 0 Å². The van der Waals surface area contributed by atoms with E-state index in [2.05, 4.69) is 10.1 Å². The van der Waals surface area contributed by atoms with Crippen LogP contribution in [0.25, 0.3) is 4.96 Å². The Balaban J connectivity index is 1.99. The standard InChI is InChI=1S/C11H13N5OS/c1-15-7-8(6-13-15)17-10-9(2-3-12)16-4-5-18-11(16)14-10/h4-7H,2-3,12H2,1H3. The minimum atomic E-state index is 0.563. The number of hydrogen-bond acceptors (Lipinski definition) is 5. The van der Waals surface area contributed by atoms with Crippen LogP contribution in [0.4, 0.5) is 0 Å². The molecule has 0 aliphatic rings. The summed E-state index contributed by atoms with van der Waals surface area (Å²) in [5.41, 5.74) is 6.63. The van der Waals surface area contributed by atoms with E-state index in [1.54, 1.807) is 28.4 Å². The maximum atomic E-state index is 5.76. The average Bonchev–Trinajstić information content (AvgIpc) is 3.00. The number of fused-ring (bicyclic) bond motifs is 1. The average molecular weight is 263 g/mol. The Morgan fingerprint density at radius 2 is 2.39 bits per heavy atom. The number of hydrogen-bond donors (Lipinski definition) is 1. The molecule has 0 saturated heterocycles. The summed E-state index contributed by atoms with van der Waals surface area (Å²) in [7, 11) is 1.85. The summed E-state index contributed by atoms with van der Waals surface area (Å²) in [6, 6.07) is 0. The van der Waals surface area contributed by atoms with Crippen LogP contribution in [-0.4, -0.2) is 25.7 Å². The third-order valence-corrected chi connectivity index (χ3v) is 3.36. The fourth-order valence-corrected chi connectivity index (χ4v) is 2.55. The zero-order chi connectivity index (χ0) is 12.5. The predicted molar refractivity (Wildman–Crippen MR) is 69.1 cm³/mol. The topological polar surface area (TPSA) is 70.4 Å². The number of aryl methyl sites for hydroxylation is 1. The third-order valence-electron chi connectivity index (χ3n) is 2.60. The Bertz CT molecular complexity index is 668. The molecule has 0 amide bonds. The second kappa shape index (κ2) is 4.43. The molecule has 0 bridgehead atoms. The van der Waals surface area contributed by atoms with Crippen molar-refractivity contribution < 1.29 is 4.74 Å². The highest BCUT2D eigenvalue weighted by Crippen LogP contribution is 2.27. The Kier molecular flexibility index (Phi) is 2.77. The molecule has 0 aromatic carbocycles. The van der Waals surface area contributed by atoms with Crippen molar-refractivity contribution in [1.29, 1.82) is 0 Å². The lowest BCUT2D eigenvalue weighted by Gasteiger charge is -2.02. The Hall–Kier alpha value is -1.86. The van der Waals surface area contributed by atoms with Crippen LogP contribution < -0.4 is 10.5 Å². The van der Waals surface area contributed by atoms with Crippen LogP contribution in [0, 0.1) is 0 Å². The van der Waals surface area contributed by atoms with Crippen LogP contribution in [0.1, 0.15) is 5.69 Å². The highest BCUT2D eigenvalue weighted by Gasteiger charge is 2.14. The van der Waals surface area contributed by atoms with Crippen LogP contribution in [0.3, 0.4) is 0 Å². The van der Waals surface area contributed by atoms with Gasteiger partial charge in [-0.25, -0.2) is 0 Å². The second-order valence-corrected chi connectivity index (χ2v) is 4.78. The van der Waals surface area contributed by atoms with Gasteiger partial charge in [-0.15, -0.1) is 11.3 Å².